The van der Waals surface area contributed by atoms with Crippen LogP contribution in [-0.4, -0.2) is 10.8 Å². The molecule has 0 N–H and O–H groups in total. The van der Waals surface area contributed by atoms with Crippen molar-refractivity contribution in [3.05, 3.63) is 29.8 Å². The third kappa shape index (κ3) is 1.41. The van der Waals surface area contributed by atoms with Gasteiger partial charge in [-0.25, -0.2) is 4.39 Å². The second kappa shape index (κ2) is 2.93. The summed E-state index contributed by atoms with van der Waals surface area (Å²) in [6.45, 7) is 0. The molecule has 0 fully saturated rings. The number of pyridine rings is 1. The largest absolute Gasteiger partial charge is 0.279 e. The molecule has 1 aromatic heterocycles. The Hall–Kier alpha value is -1.69. The maximum atomic E-state index is 12.6. The lowest BCUT2D eigenvalue weighted by molar-refractivity contribution is 0.105. The first-order valence-electron chi connectivity index (χ1n) is 2.86. The SMILES string of the molecule is C#CC(=O)c1ccncc1F. The maximum absolute atomic E-state index is 12.6. The molecule has 0 saturated heterocycles. The minimum absolute atomic E-state index is 0.109. The van der Waals surface area contributed by atoms with E-state index in [4.69, 9.17) is 6.42 Å². The molecule has 0 atom stereocenters. The van der Waals surface area contributed by atoms with Gasteiger partial charge in [-0.2, -0.15) is 0 Å². The lowest BCUT2D eigenvalue weighted by Crippen LogP contribution is -1.98. The zero-order chi connectivity index (χ0) is 8.27. The Morgan fingerprint density at radius 3 is 3.00 bits per heavy atom. The number of nitrogens with zero attached hydrogens (tertiary/aromatic N) is 1. The molecule has 0 amide bonds. The summed E-state index contributed by atoms with van der Waals surface area (Å²) in [5.74, 6) is 0.468. The van der Waals surface area contributed by atoms with Crippen molar-refractivity contribution in [1.82, 2.24) is 4.98 Å². The minimum Gasteiger partial charge on any atom is -0.279 e. The molecule has 0 spiro atoms. The number of terminal acetylenes is 1. The van der Waals surface area contributed by atoms with Crippen LogP contribution in [0.25, 0.3) is 0 Å². The summed E-state index contributed by atoms with van der Waals surface area (Å²) >= 11 is 0. The summed E-state index contributed by atoms with van der Waals surface area (Å²) in [7, 11) is 0. The van der Waals surface area contributed by atoms with Crippen molar-refractivity contribution >= 4 is 5.78 Å². The van der Waals surface area contributed by atoms with Crippen molar-refractivity contribution in [3.63, 3.8) is 0 Å². The van der Waals surface area contributed by atoms with E-state index in [0.29, 0.717) is 0 Å². The van der Waals surface area contributed by atoms with Gasteiger partial charge in [0, 0.05) is 6.20 Å². The number of carbonyl (C=O) groups excluding carboxylic acids is 1. The Labute approximate surface area is 63.1 Å². The highest BCUT2D eigenvalue weighted by Gasteiger charge is 2.06. The van der Waals surface area contributed by atoms with Crippen molar-refractivity contribution in [2.75, 3.05) is 0 Å². The van der Waals surface area contributed by atoms with Gasteiger partial charge in [-0.3, -0.25) is 9.78 Å². The lowest BCUT2D eigenvalue weighted by Gasteiger charge is -1.92. The third-order valence-corrected chi connectivity index (χ3v) is 1.15. The predicted octanol–water partition coefficient (Wildman–Crippen LogP) is 1.04. The van der Waals surface area contributed by atoms with Crippen molar-refractivity contribution in [2.24, 2.45) is 0 Å². The molecule has 1 heterocycles. The Balaban J connectivity index is 3.16. The van der Waals surface area contributed by atoms with Crippen LogP contribution >= 0.6 is 0 Å². The molecule has 0 aliphatic carbocycles. The average molecular weight is 149 g/mol. The summed E-state index contributed by atoms with van der Waals surface area (Å²) in [5.41, 5.74) is -0.109. The monoisotopic (exact) mass is 149 g/mol. The first-order chi connectivity index (χ1) is 5.25. The van der Waals surface area contributed by atoms with E-state index in [9.17, 15) is 9.18 Å². The van der Waals surface area contributed by atoms with Crippen LogP contribution in [0, 0.1) is 18.2 Å². The van der Waals surface area contributed by atoms with Crippen LogP contribution in [0.5, 0.6) is 0 Å². The summed E-state index contributed by atoms with van der Waals surface area (Å²) in [6, 6.07) is 1.25. The summed E-state index contributed by atoms with van der Waals surface area (Å²) in [4.78, 5) is 14.2. The van der Waals surface area contributed by atoms with Crippen molar-refractivity contribution in [3.8, 4) is 12.3 Å². The van der Waals surface area contributed by atoms with Crippen molar-refractivity contribution in [2.45, 2.75) is 0 Å². The molecule has 0 aromatic carbocycles. The highest BCUT2D eigenvalue weighted by atomic mass is 19.1. The molecule has 1 aromatic rings. The van der Waals surface area contributed by atoms with Gasteiger partial charge in [-0.05, 0) is 12.0 Å². The number of ketones is 1. The predicted molar refractivity (Wildman–Crippen MR) is 37.4 cm³/mol. The van der Waals surface area contributed by atoms with E-state index in [0.717, 1.165) is 6.20 Å². The van der Waals surface area contributed by atoms with Crippen LogP contribution in [0.15, 0.2) is 18.5 Å². The second-order valence-electron chi connectivity index (χ2n) is 1.83. The van der Waals surface area contributed by atoms with Crippen LogP contribution < -0.4 is 0 Å². The molecule has 11 heavy (non-hydrogen) atoms. The molecular weight excluding hydrogens is 145 g/mol. The van der Waals surface area contributed by atoms with Crippen LogP contribution in [0.3, 0.4) is 0 Å². The van der Waals surface area contributed by atoms with E-state index in [1.165, 1.54) is 12.3 Å². The van der Waals surface area contributed by atoms with Gasteiger partial charge in [0.05, 0.1) is 11.8 Å². The van der Waals surface area contributed by atoms with Gasteiger partial charge in [0.2, 0.25) is 5.78 Å². The molecule has 54 valence electrons. The van der Waals surface area contributed by atoms with Gasteiger partial charge >= 0.3 is 0 Å². The van der Waals surface area contributed by atoms with E-state index in [-0.39, 0.29) is 5.56 Å². The molecule has 1 rings (SSSR count). The zero-order valence-electron chi connectivity index (χ0n) is 5.54. The Bertz CT molecular complexity index is 327. The topological polar surface area (TPSA) is 30.0 Å². The Kier molecular flexibility index (Phi) is 1.98. The van der Waals surface area contributed by atoms with E-state index >= 15 is 0 Å². The van der Waals surface area contributed by atoms with E-state index in [1.54, 1.807) is 0 Å². The van der Waals surface area contributed by atoms with Crippen molar-refractivity contribution in [1.29, 1.82) is 0 Å². The van der Waals surface area contributed by atoms with Crippen molar-refractivity contribution < 1.29 is 9.18 Å². The summed E-state index contributed by atoms with van der Waals surface area (Å²) in [5, 5.41) is 0. The molecule has 0 radical (unpaired) electrons. The normalized spacial score (nSPS) is 8.73. The van der Waals surface area contributed by atoms with E-state index in [2.05, 4.69) is 4.98 Å². The van der Waals surface area contributed by atoms with Crippen LogP contribution in [0.4, 0.5) is 4.39 Å². The number of Topliss-reactive ketones (excluding diaryl/α,β-unsaturated/α-hetero) is 1. The number of halogens is 1. The smallest absolute Gasteiger partial charge is 0.238 e. The number of rotatable bonds is 1. The van der Waals surface area contributed by atoms with E-state index < -0.39 is 11.6 Å². The van der Waals surface area contributed by atoms with Gasteiger partial charge < -0.3 is 0 Å². The second-order valence-corrected chi connectivity index (χ2v) is 1.83. The van der Waals surface area contributed by atoms with Gasteiger partial charge in [0.25, 0.3) is 0 Å². The Morgan fingerprint density at radius 2 is 2.45 bits per heavy atom. The molecule has 0 bridgehead atoms. The Morgan fingerprint density at radius 1 is 1.73 bits per heavy atom. The van der Waals surface area contributed by atoms with Crippen LogP contribution in [0.1, 0.15) is 10.4 Å². The number of hydrogen-bond acceptors (Lipinski definition) is 2. The number of hydrogen-bond donors (Lipinski definition) is 0. The van der Waals surface area contributed by atoms with E-state index in [1.807, 2.05) is 5.92 Å². The minimum atomic E-state index is -0.685. The first kappa shape index (κ1) is 7.42. The summed E-state index contributed by atoms with van der Waals surface area (Å²) in [6.07, 6.45) is 7.05. The molecule has 2 nitrogen and oxygen atoms in total. The van der Waals surface area contributed by atoms with Gasteiger partial charge in [-0.15, -0.1) is 6.42 Å². The lowest BCUT2D eigenvalue weighted by atomic mass is 10.2. The highest BCUT2D eigenvalue weighted by molar-refractivity contribution is 6.08. The number of aromatic nitrogens is 1. The average Bonchev–Trinajstić information content (AvgIpc) is 2.04. The molecule has 0 aliphatic rings. The molecule has 0 unspecified atom stereocenters. The van der Waals surface area contributed by atoms with Gasteiger partial charge in [-0.1, -0.05) is 0 Å². The molecule has 0 saturated carbocycles. The highest BCUT2D eigenvalue weighted by Crippen LogP contribution is 2.03. The number of carbonyl (C=O) groups is 1. The third-order valence-electron chi connectivity index (χ3n) is 1.15. The van der Waals surface area contributed by atoms with Gasteiger partial charge in [0.1, 0.15) is 0 Å². The zero-order valence-corrected chi connectivity index (χ0v) is 5.54. The first-order valence-corrected chi connectivity index (χ1v) is 2.86. The molecule has 0 aliphatic heterocycles. The quantitative estimate of drug-likeness (QED) is 0.339. The fraction of sp³-hybridized carbons (Fsp3) is 0. The summed E-state index contributed by atoms with van der Waals surface area (Å²) < 4.78 is 12.6. The van der Waals surface area contributed by atoms with Crippen LogP contribution in [-0.2, 0) is 0 Å². The maximum Gasteiger partial charge on any atom is 0.238 e. The van der Waals surface area contributed by atoms with Gasteiger partial charge in [0.15, 0.2) is 5.82 Å². The standard InChI is InChI=1S/C8H4FNO/c1-2-8(11)6-3-4-10-5-7(6)9/h1,3-5H. The molecular formula is C8H4FNO. The fourth-order valence-electron chi connectivity index (χ4n) is 0.637. The van der Waals surface area contributed by atoms with Crippen LogP contribution in [0.2, 0.25) is 0 Å². The fourth-order valence-corrected chi connectivity index (χ4v) is 0.637. The molecule has 3 heteroatoms.